The molecule has 0 saturated heterocycles. The van der Waals surface area contributed by atoms with E-state index in [2.05, 4.69) is 10.6 Å². The number of carbonyl (C=O) groups is 4. The second-order valence-electron chi connectivity index (χ2n) is 17.5. The molecule has 3 amide bonds. The molecule has 7 aromatic rings. The van der Waals surface area contributed by atoms with Gasteiger partial charge in [0.2, 0.25) is 10.8 Å². The molecular formula is C53H38B2F12N4O9. The third-order valence-electron chi connectivity index (χ3n) is 12.6. The molecule has 0 saturated carbocycles. The number of nitrogens with two attached hydrogens (primary N) is 1. The molecule has 0 aliphatic heterocycles. The highest BCUT2D eigenvalue weighted by Gasteiger charge is 2.74. The number of phenolic OH excluding ortho intramolecular Hbond substituents is 2. The monoisotopic (exact) mass is 1120 g/mol. The molecule has 80 heavy (non-hydrogen) atoms. The predicted octanol–water partition coefficient (Wildman–Crippen LogP) is 11.1. The Bertz CT molecular complexity index is 3490. The number of Topliss-reactive ketones (excluding diaryl/α,β-unsaturated/α-hetero) is 1. The van der Waals surface area contributed by atoms with Gasteiger partial charge in [0.15, 0.2) is 5.78 Å². The largest absolute Gasteiger partial charge is 0.566 e. The van der Waals surface area contributed by atoms with Crippen molar-refractivity contribution >= 4 is 62.4 Å². The fraction of sp³-hybridized carbons (Fsp3) is 0.132. The number of halogens is 12. The lowest BCUT2D eigenvalue weighted by Gasteiger charge is -2.38. The summed E-state index contributed by atoms with van der Waals surface area (Å²) in [4.78, 5) is 52.4. The summed E-state index contributed by atoms with van der Waals surface area (Å²) in [6, 6.07) is 20.0. The predicted molar refractivity (Wildman–Crippen MR) is 271 cm³/mol. The van der Waals surface area contributed by atoms with Crippen molar-refractivity contribution in [2.75, 3.05) is 21.7 Å². The quantitative estimate of drug-likeness (QED) is 0.0189. The summed E-state index contributed by atoms with van der Waals surface area (Å²) in [5.41, 5.74) is -14.5. The number of amides is 3. The van der Waals surface area contributed by atoms with Gasteiger partial charge in [0.25, 0.3) is 17.7 Å². The lowest BCUT2D eigenvalue weighted by Crippen LogP contribution is -2.54. The van der Waals surface area contributed by atoms with E-state index in [1.807, 2.05) is 5.32 Å². The molecule has 27 heteroatoms. The van der Waals surface area contributed by atoms with Crippen LogP contribution in [0.3, 0.4) is 0 Å². The Morgan fingerprint density at radius 3 is 1.18 bits per heavy atom. The number of nitrogen functional groups attached to an aromatic ring is 1. The van der Waals surface area contributed by atoms with Crippen molar-refractivity contribution in [2.24, 2.45) is 0 Å². The number of hydrogen-bond acceptors (Lipinski definition) is 10. The minimum absolute atomic E-state index is 0.135. The van der Waals surface area contributed by atoms with Crippen LogP contribution in [-0.2, 0) is 10.8 Å². The number of hydrogen-bond donors (Lipinski definition) is 6. The van der Waals surface area contributed by atoms with Crippen molar-refractivity contribution in [1.82, 2.24) is 0 Å². The van der Waals surface area contributed by atoms with E-state index in [0.29, 0.717) is 59.8 Å². The first-order valence-corrected chi connectivity index (χ1v) is 22.9. The molecule has 0 fully saturated rings. The molecule has 7 aromatic carbocycles. The van der Waals surface area contributed by atoms with Crippen LogP contribution in [0.25, 0.3) is 0 Å². The number of phenols is 2. The van der Waals surface area contributed by atoms with E-state index >= 15 is 26.3 Å². The summed E-state index contributed by atoms with van der Waals surface area (Å²) >= 11 is 0. The molecular weight excluding hydrogens is 1090 g/mol. The van der Waals surface area contributed by atoms with Gasteiger partial charge in [0.1, 0.15) is 34.5 Å². The maximum Gasteiger partial charge on any atom is 0.411 e. The van der Waals surface area contributed by atoms with Crippen LogP contribution >= 0.6 is 0 Å². The average Bonchev–Trinajstić information content (AvgIpc) is 3.59. The normalized spacial score (nSPS) is 12.3. The Morgan fingerprint density at radius 2 is 0.787 bits per heavy atom. The Kier molecular flexibility index (Phi) is 16.0. The molecule has 0 spiro atoms. The second-order valence-corrected chi connectivity index (χ2v) is 17.5. The van der Waals surface area contributed by atoms with Crippen LogP contribution in [0.15, 0.2) is 146 Å². The van der Waals surface area contributed by atoms with Crippen LogP contribution in [0.4, 0.5) is 75.4 Å². The van der Waals surface area contributed by atoms with Gasteiger partial charge in [0.05, 0.1) is 22.7 Å². The van der Waals surface area contributed by atoms with Crippen molar-refractivity contribution in [3.63, 3.8) is 0 Å². The highest BCUT2D eigenvalue weighted by molar-refractivity contribution is 6.10. The molecule has 0 aromatic heterocycles. The summed E-state index contributed by atoms with van der Waals surface area (Å²) in [5.74, 6) is -6.08. The molecule has 13 nitrogen and oxygen atoms in total. The first kappa shape index (κ1) is 58.4. The number of ether oxygens (including phenoxy) is 1. The van der Waals surface area contributed by atoms with E-state index < -0.39 is 127 Å². The summed E-state index contributed by atoms with van der Waals surface area (Å²) in [7, 11) is 1.99. The summed E-state index contributed by atoms with van der Waals surface area (Å²) in [6.07, 6.45) is -24.8. The van der Waals surface area contributed by atoms with E-state index in [9.17, 15) is 55.7 Å². The third-order valence-corrected chi connectivity index (χ3v) is 12.6. The van der Waals surface area contributed by atoms with E-state index in [4.69, 9.17) is 19.8 Å². The van der Waals surface area contributed by atoms with Gasteiger partial charge in [-0.05, 0) is 144 Å². The standard InChI is InChI=1S/C53H38B2F12N4O9/c1-26(72)27-5-13-35(14-6-27)78-36-15-7-28(8-16-36)45(75)70-39-25-34(12-20-43(39)79-54)49(52(62,63)64,53(65,66)67)32-10-18-42(74)38(23-32)69-46(76)29-3-2-4-30(21-29)47(77)71-40-24-33(11-19-44(40)80-55)48(50(56,57)58,51(59,60)61)31-9-17-41(73)37(68)22-31/h2-25,73-74H,54-55,68H2,1H3,(H,69,76)(H,70,75)(H,71,77). The SMILES string of the molecule is BOc1ccc(C(c2ccc(O)c(N)c2)(C(F)(F)F)C(F)(F)F)cc1NC(=O)c1cccc(C(=O)Nc2cc(C(c3ccc(OB)c(NC(=O)c4ccc(Oc5ccc(C(C)=O)cc5)cc4)c3)(C(F)(F)F)C(F)(F)F)ccc2O)c1. The number of anilines is 4. The van der Waals surface area contributed by atoms with Gasteiger partial charge in [-0.25, -0.2) is 0 Å². The van der Waals surface area contributed by atoms with Crippen LogP contribution < -0.4 is 35.7 Å². The zero-order valence-corrected chi connectivity index (χ0v) is 41.2. The zero-order chi connectivity index (χ0) is 58.9. The zero-order valence-electron chi connectivity index (χ0n) is 41.2. The minimum Gasteiger partial charge on any atom is -0.566 e. The van der Waals surface area contributed by atoms with Gasteiger partial charge in [0, 0.05) is 22.3 Å². The molecule has 0 atom stereocenters. The molecule has 7 N–H and O–H groups in total. The Labute approximate surface area is 446 Å². The number of ketones is 1. The van der Waals surface area contributed by atoms with E-state index in [1.54, 1.807) is 0 Å². The Morgan fingerprint density at radius 1 is 0.438 bits per heavy atom. The number of nitrogens with one attached hydrogen (secondary N) is 3. The molecule has 0 unspecified atom stereocenters. The van der Waals surface area contributed by atoms with E-state index in [1.165, 1.54) is 55.5 Å². The molecule has 0 bridgehead atoms. The highest BCUT2D eigenvalue weighted by atomic mass is 19.4. The number of aromatic hydroxyl groups is 2. The number of carbonyl (C=O) groups excluding carboxylic acids is 4. The van der Waals surface area contributed by atoms with E-state index in [-0.39, 0.29) is 41.0 Å². The highest BCUT2D eigenvalue weighted by Crippen LogP contribution is 2.59. The van der Waals surface area contributed by atoms with Crippen LogP contribution in [0.2, 0.25) is 0 Å². The first-order valence-electron chi connectivity index (χ1n) is 22.9. The van der Waals surface area contributed by atoms with Crippen LogP contribution in [0.1, 0.15) is 70.6 Å². The Hall–Kier alpha value is -9.29. The fourth-order valence-electron chi connectivity index (χ4n) is 8.65. The van der Waals surface area contributed by atoms with Gasteiger partial charge in [-0.2, -0.15) is 52.7 Å². The van der Waals surface area contributed by atoms with Crippen LogP contribution in [0.5, 0.6) is 34.5 Å². The van der Waals surface area contributed by atoms with Crippen LogP contribution in [0, 0.1) is 0 Å². The summed E-state index contributed by atoms with van der Waals surface area (Å²) < 4.78 is 199. The summed E-state index contributed by atoms with van der Waals surface area (Å²) in [5, 5.41) is 26.9. The molecule has 7 rings (SSSR count). The van der Waals surface area contributed by atoms with Gasteiger partial charge < -0.3 is 45.9 Å². The van der Waals surface area contributed by atoms with Crippen LogP contribution in [-0.4, -0.2) is 74.5 Å². The number of benzene rings is 7. The Balaban J connectivity index is 1.18. The van der Waals surface area contributed by atoms with Crippen molar-refractivity contribution < 1.29 is 96.1 Å². The van der Waals surface area contributed by atoms with E-state index in [0.717, 1.165) is 46.4 Å². The molecule has 0 radical (unpaired) electrons. The van der Waals surface area contributed by atoms with Crippen molar-refractivity contribution in [2.45, 2.75) is 42.5 Å². The van der Waals surface area contributed by atoms with Gasteiger partial charge in [-0.15, -0.1) is 0 Å². The van der Waals surface area contributed by atoms with Gasteiger partial charge in [-0.3, -0.25) is 19.2 Å². The first-order chi connectivity index (χ1) is 37.4. The minimum atomic E-state index is -6.27. The van der Waals surface area contributed by atoms with Gasteiger partial charge in [-0.1, -0.05) is 30.3 Å². The third kappa shape index (κ3) is 11.1. The number of rotatable bonds is 15. The maximum atomic E-state index is 15.5. The topological polar surface area (TPSA) is 199 Å². The summed E-state index contributed by atoms with van der Waals surface area (Å²) in [6.45, 7) is 1.37. The lowest BCUT2D eigenvalue weighted by atomic mass is 9.72. The molecule has 0 aliphatic rings. The average molecular weight is 1120 g/mol. The molecule has 414 valence electrons. The fourth-order valence-corrected chi connectivity index (χ4v) is 8.65. The van der Waals surface area contributed by atoms with Gasteiger partial charge >= 0.3 is 40.8 Å². The maximum absolute atomic E-state index is 15.5. The second kappa shape index (κ2) is 21.9. The lowest BCUT2D eigenvalue weighted by molar-refractivity contribution is -0.290. The van der Waals surface area contributed by atoms with Crippen molar-refractivity contribution in [3.8, 4) is 34.5 Å². The smallest absolute Gasteiger partial charge is 0.411 e. The molecule has 0 heterocycles. The number of alkyl halides is 12. The van der Waals surface area contributed by atoms with Crippen molar-refractivity contribution in [1.29, 1.82) is 0 Å². The van der Waals surface area contributed by atoms with Crippen molar-refractivity contribution in [3.05, 3.63) is 190 Å². The molecule has 0 aliphatic carbocycles.